The molecule has 0 unspecified atom stereocenters. The van der Waals surface area contributed by atoms with E-state index >= 15 is 0 Å². The molecule has 4 heteroatoms. The highest BCUT2D eigenvalue weighted by atomic mass is 32.2. The van der Waals surface area contributed by atoms with Crippen LogP contribution >= 0.6 is 11.8 Å². The zero-order valence-electron chi connectivity index (χ0n) is 9.06. The minimum atomic E-state index is -0.420. The number of phenolic OH excluding ortho intramolecular Hbond substituents is 1. The maximum Gasteiger partial charge on any atom is 0.235 e. The van der Waals surface area contributed by atoms with Crippen LogP contribution in [0.25, 0.3) is 0 Å². The molecule has 0 heterocycles. The van der Waals surface area contributed by atoms with E-state index in [1.807, 2.05) is 18.4 Å². The van der Waals surface area contributed by atoms with Crippen LogP contribution in [0.1, 0.15) is 24.8 Å². The number of carbonyl (C=O) groups excluding carboxylic acids is 1. The quantitative estimate of drug-likeness (QED) is 0.498. The monoisotopic (exact) mass is 235 g/mol. The van der Waals surface area contributed by atoms with Crippen LogP contribution in [-0.4, -0.2) is 17.4 Å². The van der Waals surface area contributed by atoms with Crippen molar-refractivity contribution in [2.75, 3.05) is 6.26 Å². The molecule has 0 aliphatic heterocycles. The van der Waals surface area contributed by atoms with Crippen LogP contribution in [0.15, 0.2) is 28.1 Å². The van der Waals surface area contributed by atoms with Gasteiger partial charge in [0.05, 0.1) is 5.54 Å². The zero-order valence-corrected chi connectivity index (χ0v) is 9.88. The highest BCUT2D eigenvalue weighted by Crippen LogP contribution is 2.46. The Morgan fingerprint density at radius 2 is 2.25 bits per heavy atom. The first kappa shape index (κ1) is 11.2. The van der Waals surface area contributed by atoms with E-state index < -0.39 is 5.54 Å². The summed E-state index contributed by atoms with van der Waals surface area (Å²) in [5.74, 6) is 0.261. The predicted octanol–water partition coefficient (Wildman–Crippen LogP) is 2.83. The fourth-order valence-corrected chi connectivity index (χ4v) is 2.52. The molecule has 1 N–H and O–H groups in total. The normalized spacial score (nSPS) is 17.3. The Morgan fingerprint density at radius 1 is 1.50 bits per heavy atom. The number of thioether (sulfide) groups is 1. The highest BCUT2D eigenvalue weighted by Gasteiger charge is 2.39. The molecule has 84 valence electrons. The molecule has 0 radical (unpaired) electrons. The van der Waals surface area contributed by atoms with Gasteiger partial charge in [0, 0.05) is 4.90 Å². The number of aliphatic imine (C=N–C) groups is 1. The number of nitrogens with zero attached hydrogens (tertiary/aromatic N) is 1. The Hall–Kier alpha value is -1.25. The summed E-state index contributed by atoms with van der Waals surface area (Å²) in [5.41, 5.74) is 0.494. The van der Waals surface area contributed by atoms with Crippen molar-refractivity contribution < 1.29 is 9.90 Å². The molecular formula is C12H13NO2S. The third-order valence-electron chi connectivity index (χ3n) is 3.16. The number of aromatic hydroxyl groups is 1. The average Bonchev–Trinajstić information content (AvgIpc) is 2.23. The van der Waals surface area contributed by atoms with Gasteiger partial charge in [-0.2, -0.15) is 4.99 Å². The Labute approximate surface area is 98.6 Å². The van der Waals surface area contributed by atoms with Gasteiger partial charge in [0.15, 0.2) is 0 Å². The van der Waals surface area contributed by atoms with Gasteiger partial charge >= 0.3 is 0 Å². The van der Waals surface area contributed by atoms with Crippen molar-refractivity contribution in [2.45, 2.75) is 29.7 Å². The van der Waals surface area contributed by atoms with E-state index in [0.29, 0.717) is 0 Å². The zero-order chi connectivity index (χ0) is 11.6. The molecule has 1 aliphatic rings. The second-order valence-electron chi connectivity index (χ2n) is 3.97. The van der Waals surface area contributed by atoms with E-state index in [-0.39, 0.29) is 5.75 Å². The van der Waals surface area contributed by atoms with Crippen LogP contribution < -0.4 is 0 Å². The molecule has 0 saturated heterocycles. The van der Waals surface area contributed by atoms with Gasteiger partial charge < -0.3 is 5.11 Å². The lowest BCUT2D eigenvalue weighted by Crippen LogP contribution is -2.31. The van der Waals surface area contributed by atoms with Crippen molar-refractivity contribution in [1.82, 2.24) is 0 Å². The van der Waals surface area contributed by atoms with Gasteiger partial charge in [-0.05, 0) is 43.2 Å². The fourth-order valence-electron chi connectivity index (χ4n) is 2.04. The fraction of sp³-hybridized carbons (Fsp3) is 0.417. The lowest BCUT2D eigenvalue weighted by Gasteiger charge is -2.37. The molecule has 1 aromatic carbocycles. The van der Waals surface area contributed by atoms with Gasteiger partial charge in [-0.25, -0.2) is 4.79 Å². The topological polar surface area (TPSA) is 49.7 Å². The SMILES string of the molecule is CSc1ccc(C2(N=C=O)CCC2)cc1O. The molecule has 0 spiro atoms. The van der Waals surface area contributed by atoms with Gasteiger partial charge in [0.25, 0.3) is 0 Å². The number of benzene rings is 1. The number of phenols is 1. The van der Waals surface area contributed by atoms with Crippen molar-refractivity contribution in [1.29, 1.82) is 0 Å². The smallest absolute Gasteiger partial charge is 0.235 e. The number of hydrogen-bond acceptors (Lipinski definition) is 4. The molecular weight excluding hydrogens is 222 g/mol. The average molecular weight is 235 g/mol. The Balaban J connectivity index is 2.40. The third kappa shape index (κ3) is 1.75. The van der Waals surface area contributed by atoms with E-state index in [4.69, 9.17) is 0 Å². The van der Waals surface area contributed by atoms with Crippen LogP contribution in [0.2, 0.25) is 0 Å². The van der Waals surface area contributed by atoms with E-state index in [0.717, 1.165) is 29.7 Å². The van der Waals surface area contributed by atoms with E-state index in [2.05, 4.69) is 4.99 Å². The number of rotatable bonds is 3. The van der Waals surface area contributed by atoms with Crippen molar-refractivity contribution in [3.63, 3.8) is 0 Å². The number of hydrogen-bond donors (Lipinski definition) is 1. The Bertz CT molecular complexity index is 448. The summed E-state index contributed by atoms with van der Waals surface area (Å²) in [5, 5.41) is 9.78. The molecule has 1 aromatic rings. The largest absolute Gasteiger partial charge is 0.507 e. The van der Waals surface area contributed by atoms with Crippen molar-refractivity contribution in [3.8, 4) is 5.75 Å². The van der Waals surface area contributed by atoms with Crippen molar-refractivity contribution in [2.24, 2.45) is 4.99 Å². The molecule has 0 amide bonds. The van der Waals surface area contributed by atoms with E-state index in [9.17, 15) is 9.90 Å². The van der Waals surface area contributed by atoms with Crippen molar-refractivity contribution >= 4 is 17.8 Å². The van der Waals surface area contributed by atoms with Gasteiger partial charge in [0.1, 0.15) is 5.75 Å². The summed E-state index contributed by atoms with van der Waals surface area (Å²) in [7, 11) is 0. The number of isocyanates is 1. The van der Waals surface area contributed by atoms with Crippen LogP contribution in [0, 0.1) is 0 Å². The molecule has 1 saturated carbocycles. The summed E-state index contributed by atoms with van der Waals surface area (Å²) in [6, 6.07) is 5.52. The molecule has 0 aromatic heterocycles. The first-order valence-corrected chi connectivity index (χ1v) is 6.41. The minimum Gasteiger partial charge on any atom is -0.507 e. The Kier molecular flexibility index (Phi) is 3.03. The van der Waals surface area contributed by atoms with Gasteiger partial charge in [-0.1, -0.05) is 6.07 Å². The van der Waals surface area contributed by atoms with Crippen LogP contribution in [0.5, 0.6) is 5.75 Å². The van der Waals surface area contributed by atoms with E-state index in [1.165, 1.54) is 11.8 Å². The highest BCUT2D eigenvalue weighted by molar-refractivity contribution is 7.98. The summed E-state index contributed by atoms with van der Waals surface area (Å²) in [6.45, 7) is 0. The first-order chi connectivity index (χ1) is 7.72. The molecule has 1 aliphatic carbocycles. The molecule has 3 nitrogen and oxygen atoms in total. The maximum atomic E-state index is 10.4. The van der Waals surface area contributed by atoms with Gasteiger partial charge in [-0.3, -0.25) is 0 Å². The van der Waals surface area contributed by atoms with E-state index in [1.54, 1.807) is 12.1 Å². The van der Waals surface area contributed by atoms with Crippen LogP contribution in [-0.2, 0) is 10.3 Å². The lowest BCUT2D eigenvalue weighted by molar-refractivity contribution is 0.255. The molecule has 16 heavy (non-hydrogen) atoms. The molecule has 0 atom stereocenters. The van der Waals surface area contributed by atoms with Gasteiger partial charge in [0.2, 0.25) is 6.08 Å². The summed E-state index contributed by atoms with van der Waals surface area (Å²) in [6.07, 6.45) is 6.35. The molecule has 1 fully saturated rings. The second kappa shape index (κ2) is 4.32. The first-order valence-electron chi connectivity index (χ1n) is 5.18. The van der Waals surface area contributed by atoms with Gasteiger partial charge in [-0.15, -0.1) is 11.8 Å². The lowest BCUT2D eigenvalue weighted by atomic mass is 9.72. The predicted molar refractivity (Wildman–Crippen MR) is 63.5 cm³/mol. The third-order valence-corrected chi connectivity index (χ3v) is 3.94. The minimum absolute atomic E-state index is 0.261. The second-order valence-corrected chi connectivity index (χ2v) is 4.82. The molecule has 2 rings (SSSR count). The molecule has 0 bridgehead atoms. The standard InChI is InChI=1S/C12H13NO2S/c1-16-11-4-3-9(7-10(11)15)12(13-8-14)5-2-6-12/h3-4,7,15H,2,5-6H2,1H3. The summed E-state index contributed by atoms with van der Waals surface area (Å²) >= 11 is 1.50. The van der Waals surface area contributed by atoms with Crippen LogP contribution in [0.3, 0.4) is 0 Å². The Morgan fingerprint density at radius 3 is 2.69 bits per heavy atom. The van der Waals surface area contributed by atoms with Crippen LogP contribution in [0.4, 0.5) is 0 Å². The van der Waals surface area contributed by atoms with Crippen molar-refractivity contribution in [3.05, 3.63) is 23.8 Å². The summed E-state index contributed by atoms with van der Waals surface area (Å²) in [4.78, 5) is 15.2. The maximum absolute atomic E-state index is 10.4. The summed E-state index contributed by atoms with van der Waals surface area (Å²) < 4.78 is 0.